The minimum Gasteiger partial charge on any atom is -0.497 e. The maximum atomic E-state index is 11.9. The van der Waals surface area contributed by atoms with Crippen molar-refractivity contribution in [1.29, 1.82) is 0 Å². The van der Waals surface area contributed by atoms with Crippen LogP contribution in [0.4, 0.5) is 5.69 Å². The van der Waals surface area contributed by atoms with Gasteiger partial charge in [0.25, 0.3) is 5.91 Å². The smallest absolute Gasteiger partial charge is 0.265 e. The molecule has 0 saturated carbocycles. The third kappa shape index (κ3) is 6.35. The Hall–Kier alpha value is -3.22. The van der Waals surface area contributed by atoms with E-state index in [0.29, 0.717) is 29.4 Å². The summed E-state index contributed by atoms with van der Waals surface area (Å²) in [7, 11) is 3.08. The standard InChI is InChI=1S/C19H23N3O4/c1-24-16-10-15(11-17(12-16)25-2)21-19(23)13-26-22-18(20)9-8-14-6-4-3-5-7-14/h3-7,10-12H,8-9,13H2,1-2H3,(H2,20,22)(H,21,23). The summed E-state index contributed by atoms with van der Waals surface area (Å²) < 4.78 is 10.3. The van der Waals surface area contributed by atoms with Crippen LogP contribution in [0.25, 0.3) is 0 Å². The molecule has 0 aliphatic rings. The number of amides is 1. The van der Waals surface area contributed by atoms with Gasteiger partial charge < -0.3 is 25.4 Å². The van der Waals surface area contributed by atoms with Crippen molar-refractivity contribution < 1.29 is 19.1 Å². The molecule has 0 fully saturated rings. The van der Waals surface area contributed by atoms with E-state index in [1.54, 1.807) is 18.2 Å². The van der Waals surface area contributed by atoms with Crippen molar-refractivity contribution in [2.45, 2.75) is 12.8 Å². The molecule has 0 spiro atoms. The summed E-state index contributed by atoms with van der Waals surface area (Å²) in [6, 6.07) is 15.0. The number of methoxy groups -OCH3 is 2. The number of carbonyl (C=O) groups excluding carboxylic acids is 1. The van der Waals surface area contributed by atoms with Crippen LogP contribution in [0, 0.1) is 0 Å². The van der Waals surface area contributed by atoms with E-state index in [1.165, 1.54) is 14.2 Å². The lowest BCUT2D eigenvalue weighted by Gasteiger charge is -2.09. The van der Waals surface area contributed by atoms with Crippen molar-refractivity contribution >= 4 is 17.4 Å². The second-order valence-corrected chi connectivity index (χ2v) is 5.49. The van der Waals surface area contributed by atoms with E-state index in [1.807, 2.05) is 30.3 Å². The van der Waals surface area contributed by atoms with E-state index in [4.69, 9.17) is 20.0 Å². The number of benzene rings is 2. The van der Waals surface area contributed by atoms with Crippen molar-refractivity contribution in [2.75, 3.05) is 26.1 Å². The first-order valence-corrected chi connectivity index (χ1v) is 8.12. The van der Waals surface area contributed by atoms with Gasteiger partial charge in [0, 0.05) is 30.3 Å². The monoisotopic (exact) mass is 357 g/mol. The summed E-state index contributed by atoms with van der Waals surface area (Å²) in [5, 5.41) is 6.46. The Bertz CT molecular complexity index is 725. The number of ether oxygens (including phenoxy) is 2. The number of amidine groups is 1. The highest BCUT2D eigenvalue weighted by atomic mass is 16.6. The number of aryl methyl sites for hydroxylation is 1. The molecule has 0 heterocycles. The molecule has 3 N–H and O–H groups in total. The van der Waals surface area contributed by atoms with Gasteiger partial charge in [0.15, 0.2) is 6.61 Å². The normalized spacial score (nSPS) is 10.9. The Balaban J connectivity index is 1.79. The van der Waals surface area contributed by atoms with Gasteiger partial charge in [-0.3, -0.25) is 4.79 Å². The minimum atomic E-state index is -0.361. The molecule has 2 aromatic carbocycles. The molecular weight excluding hydrogens is 334 g/mol. The van der Waals surface area contributed by atoms with Crippen LogP contribution in [0.3, 0.4) is 0 Å². The molecule has 0 aliphatic carbocycles. The van der Waals surface area contributed by atoms with Crippen LogP contribution in [0.15, 0.2) is 53.7 Å². The van der Waals surface area contributed by atoms with Crippen LogP contribution < -0.4 is 20.5 Å². The van der Waals surface area contributed by atoms with Gasteiger partial charge in [-0.1, -0.05) is 35.5 Å². The van der Waals surface area contributed by atoms with Crippen LogP contribution in [0.2, 0.25) is 0 Å². The lowest BCUT2D eigenvalue weighted by molar-refractivity contribution is -0.120. The van der Waals surface area contributed by atoms with Gasteiger partial charge in [-0.25, -0.2) is 0 Å². The summed E-state index contributed by atoms with van der Waals surface area (Å²) in [6.07, 6.45) is 1.31. The van der Waals surface area contributed by atoms with E-state index >= 15 is 0 Å². The number of carbonyl (C=O) groups is 1. The second kappa shape index (κ2) is 9.93. The predicted octanol–water partition coefficient (Wildman–Crippen LogP) is 2.56. The second-order valence-electron chi connectivity index (χ2n) is 5.49. The lowest BCUT2D eigenvalue weighted by Crippen LogP contribution is -2.19. The summed E-state index contributed by atoms with van der Waals surface area (Å²) >= 11 is 0. The van der Waals surface area contributed by atoms with Gasteiger partial charge >= 0.3 is 0 Å². The fourth-order valence-corrected chi connectivity index (χ4v) is 2.21. The van der Waals surface area contributed by atoms with Crippen molar-refractivity contribution in [3.05, 3.63) is 54.1 Å². The highest BCUT2D eigenvalue weighted by Gasteiger charge is 2.07. The third-order valence-corrected chi connectivity index (χ3v) is 3.53. The molecule has 0 aromatic heterocycles. The fourth-order valence-electron chi connectivity index (χ4n) is 2.21. The number of oxime groups is 1. The Morgan fingerprint density at radius 2 is 1.73 bits per heavy atom. The average Bonchev–Trinajstić information content (AvgIpc) is 2.66. The highest BCUT2D eigenvalue weighted by Crippen LogP contribution is 2.25. The maximum absolute atomic E-state index is 11.9. The van der Waals surface area contributed by atoms with Gasteiger partial charge in [-0.2, -0.15) is 0 Å². The summed E-state index contributed by atoms with van der Waals surface area (Å²) in [6.45, 7) is -0.244. The SMILES string of the molecule is COc1cc(NC(=O)CO/N=C(\N)CCc2ccccc2)cc(OC)c1. The van der Waals surface area contributed by atoms with Crippen LogP contribution in [0.1, 0.15) is 12.0 Å². The van der Waals surface area contributed by atoms with Crippen LogP contribution in [-0.2, 0) is 16.1 Å². The van der Waals surface area contributed by atoms with Crippen molar-refractivity contribution in [2.24, 2.45) is 10.9 Å². The first-order valence-electron chi connectivity index (χ1n) is 8.12. The minimum absolute atomic E-state index is 0.244. The molecule has 1 amide bonds. The maximum Gasteiger partial charge on any atom is 0.265 e. The van der Waals surface area contributed by atoms with E-state index in [0.717, 1.165) is 12.0 Å². The molecule has 7 nitrogen and oxygen atoms in total. The van der Waals surface area contributed by atoms with Crippen molar-refractivity contribution in [3.8, 4) is 11.5 Å². The molecule has 7 heteroatoms. The quantitative estimate of drug-likeness (QED) is 0.408. The van der Waals surface area contributed by atoms with Crippen LogP contribution in [-0.4, -0.2) is 32.6 Å². The molecule has 26 heavy (non-hydrogen) atoms. The number of rotatable bonds is 9. The van der Waals surface area contributed by atoms with Crippen LogP contribution in [0.5, 0.6) is 11.5 Å². The zero-order valence-electron chi connectivity index (χ0n) is 14.9. The van der Waals surface area contributed by atoms with Crippen LogP contribution >= 0.6 is 0 Å². The Kier molecular flexibility index (Phi) is 7.30. The third-order valence-electron chi connectivity index (χ3n) is 3.53. The van der Waals surface area contributed by atoms with Gasteiger partial charge in [0.05, 0.1) is 14.2 Å². The number of nitrogens with two attached hydrogens (primary N) is 1. The zero-order chi connectivity index (χ0) is 18.8. The topological polar surface area (TPSA) is 95.2 Å². The number of hydrogen-bond acceptors (Lipinski definition) is 5. The molecule has 0 saturated heterocycles. The lowest BCUT2D eigenvalue weighted by atomic mass is 10.1. The Morgan fingerprint density at radius 1 is 1.08 bits per heavy atom. The van der Waals surface area contributed by atoms with E-state index < -0.39 is 0 Å². The van der Waals surface area contributed by atoms with Gasteiger partial charge in [-0.05, 0) is 12.0 Å². The molecule has 2 aromatic rings. The first kappa shape index (κ1) is 19.1. The highest BCUT2D eigenvalue weighted by molar-refractivity contribution is 5.92. The molecule has 2 rings (SSSR count). The molecular formula is C19H23N3O4. The van der Waals surface area contributed by atoms with Gasteiger partial charge in [0.2, 0.25) is 0 Å². The Morgan fingerprint density at radius 3 is 2.35 bits per heavy atom. The molecule has 138 valence electrons. The van der Waals surface area contributed by atoms with E-state index in [9.17, 15) is 4.79 Å². The molecule has 0 bridgehead atoms. The molecule has 0 atom stereocenters. The van der Waals surface area contributed by atoms with E-state index in [-0.39, 0.29) is 12.5 Å². The van der Waals surface area contributed by atoms with Gasteiger partial charge in [-0.15, -0.1) is 0 Å². The molecule has 0 aliphatic heterocycles. The number of hydrogen-bond donors (Lipinski definition) is 2. The summed E-state index contributed by atoms with van der Waals surface area (Å²) in [5.74, 6) is 1.12. The van der Waals surface area contributed by atoms with Crippen molar-refractivity contribution in [3.63, 3.8) is 0 Å². The van der Waals surface area contributed by atoms with E-state index in [2.05, 4.69) is 10.5 Å². The Labute approximate surface area is 152 Å². The summed E-state index contributed by atoms with van der Waals surface area (Å²) in [4.78, 5) is 17.0. The number of nitrogens with zero attached hydrogens (tertiary/aromatic N) is 1. The first-order chi connectivity index (χ1) is 12.6. The molecule has 0 radical (unpaired) electrons. The average molecular weight is 357 g/mol. The zero-order valence-corrected chi connectivity index (χ0v) is 14.9. The summed E-state index contributed by atoms with van der Waals surface area (Å²) in [5.41, 5.74) is 7.50. The van der Waals surface area contributed by atoms with Crippen molar-refractivity contribution in [1.82, 2.24) is 0 Å². The number of anilines is 1. The van der Waals surface area contributed by atoms with Gasteiger partial charge in [0.1, 0.15) is 17.3 Å². The fraction of sp³-hybridized carbons (Fsp3) is 0.263. The predicted molar refractivity (Wildman–Crippen MR) is 101 cm³/mol. The largest absolute Gasteiger partial charge is 0.497 e. The number of nitrogens with one attached hydrogen (secondary N) is 1. The molecule has 0 unspecified atom stereocenters.